The van der Waals surface area contributed by atoms with Crippen molar-refractivity contribution in [3.05, 3.63) is 35.4 Å². The molecule has 0 aromatic heterocycles. The number of aliphatic hydroxyl groups is 1. The first kappa shape index (κ1) is 16.3. The van der Waals surface area contributed by atoms with E-state index in [9.17, 15) is 18.3 Å². The van der Waals surface area contributed by atoms with E-state index in [2.05, 4.69) is 0 Å². The molecule has 1 heterocycles. The quantitative estimate of drug-likeness (QED) is 0.929. The van der Waals surface area contributed by atoms with Crippen molar-refractivity contribution < 1.29 is 27.8 Å². The molecule has 21 heavy (non-hydrogen) atoms. The maximum absolute atomic E-state index is 12.5. The molecule has 1 aromatic rings. The Morgan fingerprint density at radius 1 is 1.24 bits per heavy atom. The summed E-state index contributed by atoms with van der Waals surface area (Å²) in [5, 5.41) is 10.4. The maximum atomic E-state index is 12.5. The summed E-state index contributed by atoms with van der Waals surface area (Å²) in [6.45, 7) is 1.02. The zero-order valence-corrected chi connectivity index (χ0v) is 11.8. The summed E-state index contributed by atoms with van der Waals surface area (Å²) in [6, 6.07) is 4.86. The number of hydrogen-bond acceptors (Lipinski definition) is 3. The third-order valence-corrected chi connectivity index (χ3v) is 4.06. The van der Waals surface area contributed by atoms with Crippen LogP contribution >= 0.6 is 0 Å². The summed E-state index contributed by atoms with van der Waals surface area (Å²) in [4.78, 5) is 0. The smallest absolute Gasteiger partial charge is 0.390 e. The Kier molecular flexibility index (Phi) is 4.91. The molecule has 1 aliphatic heterocycles. The minimum absolute atomic E-state index is 0.256. The first-order valence-electron chi connectivity index (χ1n) is 6.84. The number of methoxy groups -OCH3 is 1. The Labute approximate surface area is 121 Å². The van der Waals surface area contributed by atoms with Gasteiger partial charge in [0.15, 0.2) is 0 Å². The molecule has 1 N–H and O–H groups in total. The summed E-state index contributed by atoms with van der Waals surface area (Å²) < 4.78 is 48.3. The van der Waals surface area contributed by atoms with E-state index in [1.165, 1.54) is 12.1 Å². The van der Waals surface area contributed by atoms with Crippen molar-refractivity contribution in [1.29, 1.82) is 0 Å². The van der Waals surface area contributed by atoms with Gasteiger partial charge in [0.25, 0.3) is 0 Å². The molecular weight excluding hydrogens is 285 g/mol. The standard InChI is InChI=1S/C15H19F3O3/c1-20-14(6-8-21-9-7-14)13(19)10-11-2-4-12(5-3-11)15(16,17)18/h2-5,13,19H,6-10H2,1H3. The Balaban J connectivity index is 2.06. The highest BCUT2D eigenvalue weighted by Crippen LogP contribution is 2.32. The van der Waals surface area contributed by atoms with Gasteiger partial charge in [-0.25, -0.2) is 0 Å². The highest BCUT2D eigenvalue weighted by Gasteiger charge is 2.39. The van der Waals surface area contributed by atoms with E-state index in [0.717, 1.165) is 12.1 Å². The van der Waals surface area contributed by atoms with Crippen LogP contribution in [0.3, 0.4) is 0 Å². The lowest BCUT2D eigenvalue weighted by molar-refractivity contribution is -0.151. The molecule has 118 valence electrons. The summed E-state index contributed by atoms with van der Waals surface area (Å²) in [7, 11) is 1.54. The molecule has 0 amide bonds. The summed E-state index contributed by atoms with van der Waals surface area (Å²) in [5.41, 5.74) is -0.715. The molecule has 1 unspecified atom stereocenters. The minimum Gasteiger partial charge on any atom is -0.390 e. The van der Waals surface area contributed by atoms with Crippen molar-refractivity contribution in [3.63, 3.8) is 0 Å². The van der Waals surface area contributed by atoms with Crippen LogP contribution in [-0.2, 0) is 22.1 Å². The molecule has 0 saturated carbocycles. The topological polar surface area (TPSA) is 38.7 Å². The first-order chi connectivity index (χ1) is 9.87. The molecular formula is C15H19F3O3. The van der Waals surface area contributed by atoms with Crippen molar-refractivity contribution >= 4 is 0 Å². The largest absolute Gasteiger partial charge is 0.416 e. The van der Waals surface area contributed by atoms with E-state index in [1.54, 1.807) is 7.11 Å². The second-order valence-electron chi connectivity index (χ2n) is 5.30. The SMILES string of the molecule is COC1(C(O)Cc2ccc(C(F)(F)F)cc2)CCOCC1. The van der Waals surface area contributed by atoms with Crippen LogP contribution in [0.5, 0.6) is 0 Å². The normalized spacial score (nSPS) is 20.2. The van der Waals surface area contributed by atoms with Crippen molar-refractivity contribution in [2.45, 2.75) is 37.1 Å². The van der Waals surface area contributed by atoms with Gasteiger partial charge in [-0.15, -0.1) is 0 Å². The number of halogens is 3. The molecule has 0 spiro atoms. The van der Waals surface area contributed by atoms with Crippen molar-refractivity contribution in [3.8, 4) is 0 Å². The van der Waals surface area contributed by atoms with Crippen LogP contribution in [0.4, 0.5) is 13.2 Å². The summed E-state index contributed by atoms with van der Waals surface area (Å²) in [5.74, 6) is 0. The first-order valence-corrected chi connectivity index (χ1v) is 6.84. The van der Waals surface area contributed by atoms with E-state index in [4.69, 9.17) is 9.47 Å². The zero-order valence-electron chi connectivity index (χ0n) is 11.8. The molecule has 6 heteroatoms. The Bertz CT molecular complexity index is 450. The second kappa shape index (κ2) is 6.34. The average Bonchev–Trinajstić information content (AvgIpc) is 2.47. The van der Waals surface area contributed by atoms with Crippen LogP contribution < -0.4 is 0 Å². The van der Waals surface area contributed by atoms with Crippen LogP contribution in [0.25, 0.3) is 0 Å². The molecule has 1 atom stereocenters. The minimum atomic E-state index is -4.34. The molecule has 0 aliphatic carbocycles. The second-order valence-corrected chi connectivity index (χ2v) is 5.30. The molecule has 3 nitrogen and oxygen atoms in total. The highest BCUT2D eigenvalue weighted by molar-refractivity contribution is 5.25. The number of rotatable bonds is 4. The van der Waals surface area contributed by atoms with E-state index < -0.39 is 23.4 Å². The van der Waals surface area contributed by atoms with Crippen LogP contribution in [0.15, 0.2) is 24.3 Å². The van der Waals surface area contributed by atoms with Gasteiger partial charge < -0.3 is 14.6 Å². The average molecular weight is 304 g/mol. The predicted molar refractivity (Wildman–Crippen MR) is 70.9 cm³/mol. The van der Waals surface area contributed by atoms with Crippen molar-refractivity contribution in [1.82, 2.24) is 0 Å². The van der Waals surface area contributed by atoms with Gasteiger partial charge in [0.1, 0.15) is 0 Å². The maximum Gasteiger partial charge on any atom is 0.416 e. The van der Waals surface area contributed by atoms with Gasteiger partial charge in [0.2, 0.25) is 0 Å². The predicted octanol–water partition coefficient (Wildman–Crippen LogP) is 2.80. The zero-order chi connectivity index (χ0) is 15.5. The molecule has 1 saturated heterocycles. The third kappa shape index (κ3) is 3.75. The Morgan fingerprint density at radius 3 is 2.29 bits per heavy atom. The van der Waals surface area contributed by atoms with Gasteiger partial charge in [-0.05, 0) is 17.7 Å². The van der Waals surface area contributed by atoms with Crippen molar-refractivity contribution in [2.75, 3.05) is 20.3 Å². The number of aliphatic hydroxyl groups excluding tert-OH is 1. The lowest BCUT2D eigenvalue weighted by Crippen LogP contribution is -2.49. The number of benzene rings is 1. The van der Waals surface area contributed by atoms with Gasteiger partial charge in [-0.1, -0.05) is 12.1 Å². The third-order valence-electron chi connectivity index (χ3n) is 4.06. The van der Waals surface area contributed by atoms with E-state index in [1.807, 2.05) is 0 Å². The van der Waals surface area contributed by atoms with Gasteiger partial charge in [0.05, 0.1) is 17.3 Å². The van der Waals surface area contributed by atoms with E-state index in [0.29, 0.717) is 31.6 Å². The number of ether oxygens (including phenoxy) is 2. The van der Waals surface area contributed by atoms with Crippen LogP contribution in [0, 0.1) is 0 Å². The lowest BCUT2D eigenvalue weighted by Gasteiger charge is -2.39. The molecule has 2 rings (SSSR count). The molecule has 1 fully saturated rings. The van der Waals surface area contributed by atoms with E-state index >= 15 is 0 Å². The fourth-order valence-corrected chi connectivity index (χ4v) is 2.63. The molecule has 1 aliphatic rings. The van der Waals surface area contributed by atoms with Gasteiger partial charge >= 0.3 is 6.18 Å². The van der Waals surface area contributed by atoms with Gasteiger partial charge in [0, 0.05) is 39.6 Å². The van der Waals surface area contributed by atoms with Crippen molar-refractivity contribution in [2.24, 2.45) is 0 Å². The van der Waals surface area contributed by atoms with E-state index in [-0.39, 0.29) is 6.42 Å². The fourth-order valence-electron chi connectivity index (χ4n) is 2.63. The Hall–Kier alpha value is -1.11. The number of hydrogen-bond donors (Lipinski definition) is 1. The fraction of sp³-hybridized carbons (Fsp3) is 0.600. The molecule has 1 aromatic carbocycles. The van der Waals surface area contributed by atoms with Crippen LogP contribution in [0.1, 0.15) is 24.0 Å². The number of alkyl halides is 3. The monoisotopic (exact) mass is 304 g/mol. The molecule has 0 radical (unpaired) electrons. The summed E-state index contributed by atoms with van der Waals surface area (Å²) >= 11 is 0. The lowest BCUT2D eigenvalue weighted by atomic mass is 9.84. The molecule has 0 bridgehead atoms. The van der Waals surface area contributed by atoms with Crippen LogP contribution in [-0.4, -0.2) is 37.1 Å². The van der Waals surface area contributed by atoms with Gasteiger partial charge in [-0.2, -0.15) is 13.2 Å². The Morgan fingerprint density at radius 2 is 1.81 bits per heavy atom. The highest BCUT2D eigenvalue weighted by atomic mass is 19.4. The van der Waals surface area contributed by atoms with Crippen LogP contribution in [0.2, 0.25) is 0 Å². The van der Waals surface area contributed by atoms with Gasteiger partial charge in [-0.3, -0.25) is 0 Å². The summed E-state index contributed by atoms with van der Waals surface area (Å²) in [6.07, 6.45) is -3.71.